The van der Waals surface area contributed by atoms with Gasteiger partial charge in [0.1, 0.15) is 0 Å². The zero-order valence-electron chi connectivity index (χ0n) is 11.4. The molecule has 5 nitrogen and oxygen atoms in total. The average Bonchev–Trinajstić information content (AvgIpc) is 2.25. The van der Waals surface area contributed by atoms with Crippen molar-refractivity contribution in [1.29, 1.82) is 0 Å². The number of hydrogen-bond acceptors (Lipinski definition) is 4. The highest BCUT2D eigenvalue weighted by atomic mass is 16.6. The molecule has 0 heterocycles. The Balaban J connectivity index is 2.98. The molecule has 3 N–H and O–H groups in total. The van der Waals surface area contributed by atoms with E-state index in [1.807, 2.05) is 6.07 Å². The Labute approximate surface area is 108 Å². The van der Waals surface area contributed by atoms with Crippen LogP contribution in [0.25, 0.3) is 0 Å². The lowest BCUT2D eigenvalue weighted by Crippen LogP contribution is -2.40. The van der Waals surface area contributed by atoms with E-state index in [1.165, 1.54) is 0 Å². The molecule has 1 atom stereocenters. The summed E-state index contributed by atoms with van der Waals surface area (Å²) in [7, 11) is 0. The predicted molar refractivity (Wildman–Crippen MR) is 73.8 cm³/mol. The molecule has 0 spiro atoms. The van der Waals surface area contributed by atoms with Crippen LogP contribution < -0.4 is 11.1 Å². The second kappa shape index (κ2) is 5.35. The van der Waals surface area contributed by atoms with Crippen LogP contribution in [-0.2, 0) is 0 Å². The van der Waals surface area contributed by atoms with Gasteiger partial charge in [-0.2, -0.15) is 0 Å². The molecule has 0 aliphatic carbocycles. The summed E-state index contributed by atoms with van der Waals surface area (Å²) in [5.41, 5.74) is 7.25. The summed E-state index contributed by atoms with van der Waals surface area (Å²) < 4.78 is 0. The topological polar surface area (TPSA) is 81.2 Å². The van der Waals surface area contributed by atoms with Crippen LogP contribution in [0.15, 0.2) is 18.2 Å². The lowest BCUT2D eigenvalue weighted by molar-refractivity contribution is -0.385. The first kappa shape index (κ1) is 14.4. The van der Waals surface area contributed by atoms with Crippen LogP contribution in [-0.4, -0.2) is 17.5 Å². The van der Waals surface area contributed by atoms with Crippen molar-refractivity contribution in [2.24, 2.45) is 11.1 Å². The largest absolute Gasteiger partial charge is 0.380 e. The molecule has 0 aliphatic heterocycles. The lowest BCUT2D eigenvalue weighted by atomic mass is 9.86. The summed E-state index contributed by atoms with van der Waals surface area (Å²) >= 11 is 0. The number of rotatable bonds is 4. The molecule has 0 fully saturated rings. The van der Waals surface area contributed by atoms with Crippen LogP contribution in [0.5, 0.6) is 0 Å². The van der Waals surface area contributed by atoms with Crippen molar-refractivity contribution in [2.45, 2.75) is 33.7 Å². The molecule has 1 aromatic rings. The number of nitrogens with one attached hydrogen (secondary N) is 1. The van der Waals surface area contributed by atoms with Gasteiger partial charge in [0.15, 0.2) is 0 Å². The Bertz CT molecular complexity index is 438. The van der Waals surface area contributed by atoms with Crippen molar-refractivity contribution >= 4 is 11.4 Å². The zero-order chi connectivity index (χ0) is 13.9. The third kappa shape index (κ3) is 3.43. The molecule has 100 valence electrons. The van der Waals surface area contributed by atoms with Gasteiger partial charge in [0, 0.05) is 29.9 Å². The fourth-order valence-corrected chi connectivity index (χ4v) is 1.73. The predicted octanol–water partition coefficient (Wildman–Crippen LogP) is 2.69. The Hall–Kier alpha value is -1.62. The molecular weight excluding hydrogens is 230 g/mol. The molecule has 0 bridgehead atoms. The number of nitro groups is 1. The van der Waals surface area contributed by atoms with E-state index in [2.05, 4.69) is 26.1 Å². The van der Waals surface area contributed by atoms with Crippen LogP contribution in [0, 0.1) is 22.5 Å². The van der Waals surface area contributed by atoms with Crippen molar-refractivity contribution < 1.29 is 4.92 Å². The third-order valence-electron chi connectivity index (χ3n) is 3.03. The molecule has 0 radical (unpaired) electrons. The van der Waals surface area contributed by atoms with E-state index in [9.17, 15) is 10.1 Å². The van der Waals surface area contributed by atoms with Crippen LogP contribution >= 0.6 is 0 Å². The maximum Gasteiger partial charge on any atom is 0.274 e. The summed E-state index contributed by atoms with van der Waals surface area (Å²) in [4.78, 5) is 10.5. The van der Waals surface area contributed by atoms with E-state index in [-0.39, 0.29) is 22.1 Å². The van der Waals surface area contributed by atoms with Gasteiger partial charge in [-0.25, -0.2) is 0 Å². The first-order valence-electron chi connectivity index (χ1n) is 5.97. The Kier molecular flexibility index (Phi) is 4.29. The second-order valence-corrected chi connectivity index (χ2v) is 5.56. The zero-order valence-corrected chi connectivity index (χ0v) is 11.4. The molecule has 0 saturated carbocycles. The number of benzene rings is 1. The van der Waals surface area contributed by atoms with E-state index >= 15 is 0 Å². The second-order valence-electron chi connectivity index (χ2n) is 5.56. The normalized spacial score (nSPS) is 13.2. The van der Waals surface area contributed by atoms with Gasteiger partial charge in [0.25, 0.3) is 5.69 Å². The summed E-state index contributed by atoms with van der Waals surface area (Å²) in [6.45, 7) is 8.46. The van der Waals surface area contributed by atoms with Crippen molar-refractivity contribution in [3.8, 4) is 0 Å². The number of anilines is 1. The van der Waals surface area contributed by atoms with Crippen LogP contribution in [0.3, 0.4) is 0 Å². The maximum absolute atomic E-state index is 10.9. The minimum atomic E-state index is -0.366. The molecular formula is C13H21N3O2. The molecule has 5 heteroatoms. The van der Waals surface area contributed by atoms with E-state index < -0.39 is 0 Å². The summed E-state index contributed by atoms with van der Waals surface area (Å²) in [5.74, 6) is 0. The van der Waals surface area contributed by atoms with Crippen molar-refractivity contribution in [2.75, 3.05) is 11.9 Å². The van der Waals surface area contributed by atoms with Gasteiger partial charge in [-0.15, -0.1) is 0 Å². The third-order valence-corrected chi connectivity index (χ3v) is 3.03. The fraction of sp³-hybridized carbons (Fsp3) is 0.538. The van der Waals surface area contributed by atoms with Crippen LogP contribution in [0.4, 0.5) is 11.4 Å². The highest BCUT2D eigenvalue weighted by Gasteiger charge is 2.23. The number of nitro benzene ring substituents is 1. The van der Waals surface area contributed by atoms with Crippen molar-refractivity contribution in [1.82, 2.24) is 0 Å². The lowest BCUT2D eigenvalue weighted by Gasteiger charge is -2.31. The molecule has 1 aromatic carbocycles. The number of hydrogen-bond donors (Lipinski definition) is 2. The van der Waals surface area contributed by atoms with Crippen molar-refractivity contribution in [3.63, 3.8) is 0 Å². The van der Waals surface area contributed by atoms with Crippen molar-refractivity contribution in [3.05, 3.63) is 33.9 Å². The van der Waals surface area contributed by atoms with Gasteiger partial charge < -0.3 is 11.1 Å². The first-order chi connectivity index (χ1) is 8.25. The molecule has 0 amide bonds. The van der Waals surface area contributed by atoms with Gasteiger partial charge in [-0.05, 0) is 18.4 Å². The molecule has 1 rings (SSSR count). The Morgan fingerprint density at radius 1 is 1.44 bits per heavy atom. The van der Waals surface area contributed by atoms with E-state index in [1.54, 1.807) is 19.1 Å². The minimum Gasteiger partial charge on any atom is -0.380 e. The van der Waals surface area contributed by atoms with Gasteiger partial charge in [-0.1, -0.05) is 26.8 Å². The van der Waals surface area contributed by atoms with Gasteiger partial charge >= 0.3 is 0 Å². The van der Waals surface area contributed by atoms with E-state index in [4.69, 9.17) is 5.73 Å². The fourth-order valence-electron chi connectivity index (χ4n) is 1.73. The van der Waals surface area contributed by atoms with Gasteiger partial charge in [0.05, 0.1) is 4.92 Å². The molecule has 18 heavy (non-hydrogen) atoms. The average molecular weight is 251 g/mol. The standard InChI is InChI=1S/C13H21N3O2/c1-9-5-6-10(7-11(9)16(17)18)15-12(8-14)13(2,3)4/h5-7,12,15H,8,14H2,1-4H3. The molecule has 0 saturated heterocycles. The van der Waals surface area contributed by atoms with Gasteiger partial charge in [-0.3, -0.25) is 10.1 Å². The molecule has 0 aliphatic rings. The Morgan fingerprint density at radius 3 is 2.50 bits per heavy atom. The number of aryl methyl sites for hydroxylation is 1. The monoisotopic (exact) mass is 251 g/mol. The number of nitrogens with two attached hydrogens (primary N) is 1. The van der Waals surface area contributed by atoms with Crippen LogP contribution in [0.2, 0.25) is 0 Å². The molecule has 0 aromatic heterocycles. The summed E-state index contributed by atoms with van der Waals surface area (Å²) in [6.07, 6.45) is 0. The Morgan fingerprint density at radius 2 is 2.06 bits per heavy atom. The number of nitrogens with zero attached hydrogens (tertiary/aromatic N) is 1. The smallest absolute Gasteiger partial charge is 0.274 e. The van der Waals surface area contributed by atoms with Gasteiger partial charge in [0.2, 0.25) is 0 Å². The SMILES string of the molecule is Cc1ccc(NC(CN)C(C)(C)C)cc1[N+](=O)[O-]. The highest BCUT2D eigenvalue weighted by molar-refractivity contribution is 5.55. The van der Waals surface area contributed by atoms with Crippen LogP contribution in [0.1, 0.15) is 26.3 Å². The summed E-state index contributed by atoms with van der Waals surface area (Å²) in [5, 5.41) is 14.1. The highest BCUT2D eigenvalue weighted by Crippen LogP contribution is 2.26. The first-order valence-corrected chi connectivity index (χ1v) is 5.97. The summed E-state index contributed by atoms with van der Waals surface area (Å²) in [6, 6.07) is 5.22. The van der Waals surface area contributed by atoms with E-state index in [0.717, 1.165) is 5.69 Å². The minimum absolute atomic E-state index is 0.00554. The maximum atomic E-state index is 10.9. The van der Waals surface area contributed by atoms with E-state index in [0.29, 0.717) is 12.1 Å². The molecule has 1 unspecified atom stereocenters. The quantitative estimate of drug-likeness (QED) is 0.636.